The van der Waals surface area contributed by atoms with E-state index in [1.165, 1.54) is 11.3 Å². The highest BCUT2D eigenvalue weighted by atomic mass is 35.5. The van der Waals surface area contributed by atoms with E-state index in [4.69, 9.17) is 34.2 Å². The third kappa shape index (κ3) is 2.00. The Bertz CT molecular complexity index is 584. The molecule has 0 radical (unpaired) electrons. The summed E-state index contributed by atoms with van der Waals surface area (Å²) in [7, 11) is 0. The second kappa shape index (κ2) is 4.34. The van der Waals surface area contributed by atoms with Crippen molar-refractivity contribution in [3.05, 3.63) is 38.5 Å². The standard InChI is InChI=1S/C11H6Cl2N2S/c12-10-4-8(11(13)16-10)7-2-1-6(5-14)3-9(7)15/h1-4H,15H2. The fourth-order valence-electron chi connectivity index (χ4n) is 1.40. The van der Waals surface area contributed by atoms with Crippen LogP contribution in [-0.4, -0.2) is 0 Å². The van der Waals surface area contributed by atoms with Gasteiger partial charge in [0.2, 0.25) is 0 Å². The van der Waals surface area contributed by atoms with Gasteiger partial charge in [-0.2, -0.15) is 5.26 Å². The Hall–Kier alpha value is -1.21. The molecule has 2 aromatic rings. The zero-order chi connectivity index (χ0) is 11.7. The predicted molar refractivity (Wildman–Crippen MR) is 68.9 cm³/mol. The molecule has 1 aromatic carbocycles. The van der Waals surface area contributed by atoms with E-state index in [1.54, 1.807) is 24.3 Å². The molecule has 5 heteroatoms. The van der Waals surface area contributed by atoms with E-state index in [2.05, 4.69) is 0 Å². The van der Waals surface area contributed by atoms with E-state index in [9.17, 15) is 0 Å². The third-order valence-corrected chi connectivity index (χ3v) is 3.62. The Labute approximate surface area is 107 Å². The van der Waals surface area contributed by atoms with Gasteiger partial charge in [-0.15, -0.1) is 11.3 Å². The van der Waals surface area contributed by atoms with Crippen molar-refractivity contribution in [1.82, 2.24) is 0 Å². The number of benzene rings is 1. The predicted octanol–water partition coefficient (Wildman–Crippen LogP) is 4.18. The van der Waals surface area contributed by atoms with Gasteiger partial charge in [0.25, 0.3) is 0 Å². The maximum absolute atomic E-state index is 8.73. The zero-order valence-electron chi connectivity index (χ0n) is 8.00. The van der Waals surface area contributed by atoms with Crippen molar-refractivity contribution < 1.29 is 0 Å². The van der Waals surface area contributed by atoms with Crippen LogP contribution in [-0.2, 0) is 0 Å². The summed E-state index contributed by atoms with van der Waals surface area (Å²) < 4.78 is 1.21. The lowest BCUT2D eigenvalue weighted by molar-refractivity contribution is 1.48. The summed E-state index contributed by atoms with van der Waals surface area (Å²) in [5, 5.41) is 8.73. The van der Waals surface area contributed by atoms with Gasteiger partial charge in [-0.05, 0) is 18.2 Å². The molecule has 0 fully saturated rings. The first-order valence-electron chi connectivity index (χ1n) is 4.36. The fourth-order valence-corrected chi connectivity index (χ4v) is 2.89. The van der Waals surface area contributed by atoms with Crippen LogP contribution >= 0.6 is 34.5 Å². The molecule has 80 valence electrons. The van der Waals surface area contributed by atoms with E-state index >= 15 is 0 Å². The van der Waals surface area contributed by atoms with Crippen molar-refractivity contribution in [3.63, 3.8) is 0 Å². The molecule has 0 spiro atoms. The topological polar surface area (TPSA) is 49.8 Å². The number of anilines is 1. The normalized spacial score (nSPS) is 10.1. The molecule has 0 aliphatic carbocycles. The molecule has 0 aliphatic heterocycles. The summed E-state index contributed by atoms with van der Waals surface area (Å²) >= 11 is 13.2. The lowest BCUT2D eigenvalue weighted by atomic mass is 10.0. The molecule has 1 heterocycles. The van der Waals surface area contributed by atoms with Crippen molar-refractivity contribution in [2.45, 2.75) is 0 Å². The molecule has 0 saturated carbocycles. The maximum atomic E-state index is 8.73. The first kappa shape index (κ1) is 11.3. The molecule has 0 amide bonds. The van der Waals surface area contributed by atoms with Crippen molar-refractivity contribution in [2.24, 2.45) is 0 Å². The smallest absolute Gasteiger partial charge is 0.102 e. The zero-order valence-corrected chi connectivity index (χ0v) is 10.3. The Morgan fingerprint density at radius 1 is 1.19 bits per heavy atom. The van der Waals surface area contributed by atoms with Crippen LogP contribution in [0.4, 0.5) is 5.69 Å². The second-order valence-electron chi connectivity index (χ2n) is 3.15. The van der Waals surface area contributed by atoms with E-state index in [-0.39, 0.29) is 0 Å². The lowest BCUT2D eigenvalue weighted by Gasteiger charge is -2.04. The van der Waals surface area contributed by atoms with Gasteiger partial charge in [0.1, 0.15) is 4.34 Å². The Morgan fingerprint density at radius 3 is 2.44 bits per heavy atom. The highest BCUT2D eigenvalue weighted by Crippen LogP contribution is 2.40. The van der Waals surface area contributed by atoms with Gasteiger partial charge in [0.05, 0.1) is 16.0 Å². The summed E-state index contributed by atoms with van der Waals surface area (Å²) in [4.78, 5) is 0. The minimum absolute atomic E-state index is 0.524. The number of nitriles is 1. The Balaban J connectivity index is 2.57. The number of rotatable bonds is 1. The van der Waals surface area contributed by atoms with Crippen molar-refractivity contribution in [1.29, 1.82) is 5.26 Å². The van der Waals surface area contributed by atoms with Gasteiger partial charge in [0, 0.05) is 16.8 Å². The molecule has 2 rings (SSSR count). The molecule has 0 saturated heterocycles. The van der Waals surface area contributed by atoms with Crippen LogP contribution in [0.15, 0.2) is 24.3 Å². The maximum Gasteiger partial charge on any atom is 0.102 e. The average Bonchev–Trinajstić information content (AvgIpc) is 2.57. The van der Waals surface area contributed by atoms with E-state index in [1.807, 2.05) is 6.07 Å². The first-order valence-corrected chi connectivity index (χ1v) is 5.94. The minimum Gasteiger partial charge on any atom is -0.398 e. The van der Waals surface area contributed by atoms with Gasteiger partial charge < -0.3 is 5.73 Å². The number of halogens is 2. The molecule has 0 aliphatic rings. The van der Waals surface area contributed by atoms with Crippen LogP contribution in [0.3, 0.4) is 0 Å². The monoisotopic (exact) mass is 268 g/mol. The second-order valence-corrected chi connectivity index (χ2v) is 5.44. The number of thiophene rings is 1. The van der Waals surface area contributed by atoms with Crippen molar-refractivity contribution >= 4 is 40.2 Å². The van der Waals surface area contributed by atoms with Gasteiger partial charge in [-0.1, -0.05) is 29.3 Å². The Kier molecular flexibility index (Phi) is 3.06. The van der Waals surface area contributed by atoms with Crippen LogP contribution in [0.25, 0.3) is 11.1 Å². The van der Waals surface area contributed by atoms with Gasteiger partial charge in [-0.3, -0.25) is 0 Å². The van der Waals surface area contributed by atoms with Crippen LogP contribution in [0.2, 0.25) is 8.67 Å². The number of hydrogen-bond acceptors (Lipinski definition) is 3. The highest BCUT2D eigenvalue weighted by Gasteiger charge is 2.11. The minimum atomic E-state index is 0.524. The summed E-state index contributed by atoms with van der Waals surface area (Å²) in [6.07, 6.45) is 0. The molecule has 2 nitrogen and oxygen atoms in total. The summed E-state index contributed by atoms with van der Waals surface area (Å²) in [5.41, 5.74) is 8.51. The van der Waals surface area contributed by atoms with Gasteiger partial charge in [-0.25, -0.2) is 0 Å². The van der Waals surface area contributed by atoms with E-state index in [0.29, 0.717) is 19.9 Å². The fraction of sp³-hybridized carbons (Fsp3) is 0. The molecule has 0 bridgehead atoms. The number of nitrogen functional groups attached to an aromatic ring is 1. The van der Waals surface area contributed by atoms with E-state index < -0.39 is 0 Å². The molecular weight excluding hydrogens is 263 g/mol. The third-order valence-electron chi connectivity index (χ3n) is 2.13. The quantitative estimate of drug-likeness (QED) is 0.789. The Morgan fingerprint density at radius 2 is 1.94 bits per heavy atom. The molecule has 0 unspecified atom stereocenters. The van der Waals surface area contributed by atoms with Gasteiger partial charge >= 0.3 is 0 Å². The number of nitrogens with zero attached hydrogens (tertiary/aromatic N) is 1. The van der Waals surface area contributed by atoms with Gasteiger partial charge in [0.15, 0.2) is 0 Å². The molecule has 0 atom stereocenters. The van der Waals surface area contributed by atoms with Crippen LogP contribution in [0.1, 0.15) is 5.56 Å². The summed E-state index contributed by atoms with van der Waals surface area (Å²) in [6, 6.07) is 8.90. The van der Waals surface area contributed by atoms with E-state index in [0.717, 1.165) is 11.1 Å². The van der Waals surface area contributed by atoms with Crippen LogP contribution in [0, 0.1) is 11.3 Å². The van der Waals surface area contributed by atoms with Crippen LogP contribution in [0.5, 0.6) is 0 Å². The van der Waals surface area contributed by atoms with Crippen molar-refractivity contribution in [3.8, 4) is 17.2 Å². The number of hydrogen-bond donors (Lipinski definition) is 1. The largest absolute Gasteiger partial charge is 0.398 e. The van der Waals surface area contributed by atoms with Crippen LogP contribution < -0.4 is 5.73 Å². The molecule has 16 heavy (non-hydrogen) atoms. The van der Waals surface area contributed by atoms with Crippen molar-refractivity contribution in [2.75, 3.05) is 5.73 Å². The lowest BCUT2D eigenvalue weighted by Crippen LogP contribution is -1.90. The number of nitrogens with two attached hydrogens (primary N) is 1. The SMILES string of the molecule is N#Cc1ccc(-c2cc(Cl)sc2Cl)c(N)c1. The molecule has 1 aromatic heterocycles. The first-order chi connectivity index (χ1) is 7.61. The summed E-state index contributed by atoms with van der Waals surface area (Å²) in [5.74, 6) is 0. The highest BCUT2D eigenvalue weighted by molar-refractivity contribution is 7.20. The summed E-state index contributed by atoms with van der Waals surface area (Å²) in [6.45, 7) is 0. The molecular formula is C11H6Cl2N2S. The average molecular weight is 269 g/mol. The molecule has 2 N–H and O–H groups in total.